The van der Waals surface area contributed by atoms with E-state index >= 15 is 0 Å². The van der Waals surface area contributed by atoms with Crippen molar-refractivity contribution in [2.75, 3.05) is 6.54 Å². The van der Waals surface area contributed by atoms with Crippen molar-refractivity contribution in [1.29, 1.82) is 0 Å². The van der Waals surface area contributed by atoms with Gasteiger partial charge >= 0.3 is 12.1 Å². The van der Waals surface area contributed by atoms with Crippen LogP contribution in [0.15, 0.2) is 33.5 Å². The number of carbonyl (C=O) groups is 2. The predicted octanol–water partition coefficient (Wildman–Crippen LogP) is 3.22. The smallest absolute Gasteiger partial charge is 0.443 e. The topological polar surface area (TPSA) is 96.3 Å². The summed E-state index contributed by atoms with van der Waals surface area (Å²) < 4.78 is 24.0. The third-order valence-electron chi connectivity index (χ3n) is 3.73. The SMILES string of the molecule is Cc1ccc(S(=O)(=NC(=O)OC(C)(C)C)N2CCC[C@H]2C(=O)O)cc1. The molecule has 1 heterocycles. The number of aliphatic carboxylic acids is 1. The number of benzene rings is 1. The fourth-order valence-corrected chi connectivity index (χ4v) is 4.75. The maximum absolute atomic E-state index is 13.7. The zero-order valence-electron chi connectivity index (χ0n) is 14.9. The van der Waals surface area contributed by atoms with Gasteiger partial charge in [-0.3, -0.25) is 4.79 Å². The summed E-state index contributed by atoms with van der Waals surface area (Å²) in [4.78, 5) is 24.0. The molecule has 1 N–H and O–H groups in total. The van der Waals surface area contributed by atoms with Crippen molar-refractivity contribution in [2.45, 2.75) is 57.1 Å². The molecule has 0 saturated carbocycles. The molecule has 0 aromatic heterocycles. The van der Waals surface area contributed by atoms with E-state index in [-0.39, 0.29) is 6.54 Å². The standard InChI is InChI=1S/C17H24N2O5S/c1-12-7-9-13(10-8-12)25(23,18-16(22)24-17(2,3)4)19-11-5-6-14(19)15(20)21/h7-10,14H,5-6,11H2,1-4H3,(H,20,21)/t14-,25?/m0/s1. The van der Waals surface area contributed by atoms with Gasteiger partial charge in [-0.1, -0.05) is 17.7 Å². The second-order valence-electron chi connectivity index (χ2n) is 7.02. The molecule has 2 atom stereocenters. The van der Waals surface area contributed by atoms with Gasteiger partial charge in [-0.2, -0.15) is 4.31 Å². The van der Waals surface area contributed by atoms with E-state index in [0.717, 1.165) is 5.56 Å². The lowest BCUT2D eigenvalue weighted by molar-refractivity contribution is -0.140. The molecule has 0 bridgehead atoms. The number of carbonyl (C=O) groups excluding carboxylic acids is 1. The Labute approximate surface area is 148 Å². The van der Waals surface area contributed by atoms with Gasteiger partial charge in [0.05, 0.1) is 4.90 Å². The second kappa shape index (κ2) is 7.13. The molecule has 1 aromatic rings. The Bertz CT molecular complexity index is 773. The van der Waals surface area contributed by atoms with E-state index in [9.17, 15) is 18.9 Å². The molecule has 2 rings (SSSR count). The third-order valence-corrected chi connectivity index (χ3v) is 6.08. The first kappa shape index (κ1) is 19.4. The van der Waals surface area contributed by atoms with Crippen LogP contribution in [0, 0.1) is 6.92 Å². The summed E-state index contributed by atoms with van der Waals surface area (Å²) in [5.41, 5.74) is 0.171. The molecule has 7 nitrogen and oxygen atoms in total. The monoisotopic (exact) mass is 368 g/mol. The van der Waals surface area contributed by atoms with Gasteiger partial charge in [0, 0.05) is 6.54 Å². The summed E-state index contributed by atoms with van der Waals surface area (Å²) in [7, 11) is -3.43. The molecule has 1 aliphatic heterocycles. The van der Waals surface area contributed by atoms with Gasteiger partial charge in [0.15, 0.2) is 9.92 Å². The van der Waals surface area contributed by atoms with E-state index in [1.807, 2.05) is 6.92 Å². The van der Waals surface area contributed by atoms with Crippen molar-refractivity contribution in [3.63, 3.8) is 0 Å². The third kappa shape index (κ3) is 4.58. The number of aryl methyl sites for hydroxylation is 1. The fourth-order valence-electron chi connectivity index (χ4n) is 2.62. The van der Waals surface area contributed by atoms with E-state index in [0.29, 0.717) is 17.7 Å². The molecule has 8 heteroatoms. The number of ether oxygens (including phenoxy) is 1. The average molecular weight is 368 g/mol. The maximum atomic E-state index is 13.7. The highest BCUT2D eigenvalue weighted by Gasteiger charge is 2.39. The first-order valence-electron chi connectivity index (χ1n) is 8.09. The zero-order chi connectivity index (χ0) is 18.8. The van der Waals surface area contributed by atoms with Crippen molar-refractivity contribution in [3.8, 4) is 0 Å². The highest BCUT2D eigenvalue weighted by molar-refractivity contribution is 7.91. The average Bonchev–Trinajstić information content (AvgIpc) is 2.95. The molecule has 138 valence electrons. The second-order valence-corrected chi connectivity index (χ2v) is 9.13. The lowest BCUT2D eigenvalue weighted by Gasteiger charge is -2.25. The van der Waals surface area contributed by atoms with E-state index in [2.05, 4.69) is 4.36 Å². The Kier molecular flexibility index (Phi) is 5.53. The van der Waals surface area contributed by atoms with Crippen LogP contribution < -0.4 is 0 Å². The Morgan fingerprint density at radius 2 is 1.88 bits per heavy atom. The van der Waals surface area contributed by atoms with Crippen LogP contribution in [0.4, 0.5) is 4.79 Å². The van der Waals surface area contributed by atoms with Crippen LogP contribution in [0.2, 0.25) is 0 Å². The Hall–Kier alpha value is -1.93. The zero-order valence-corrected chi connectivity index (χ0v) is 15.7. The van der Waals surface area contributed by atoms with Crippen LogP contribution in [-0.2, 0) is 19.4 Å². The molecule has 1 aromatic carbocycles. The van der Waals surface area contributed by atoms with Crippen LogP contribution in [0.1, 0.15) is 39.2 Å². The summed E-state index contributed by atoms with van der Waals surface area (Å²) in [6, 6.07) is 5.79. The molecule has 1 aliphatic rings. The summed E-state index contributed by atoms with van der Waals surface area (Å²) in [6.45, 7) is 7.22. The van der Waals surface area contributed by atoms with Gasteiger partial charge in [0.1, 0.15) is 11.6 Å². The Balaban J connectivity index is 2.55. The van der Waals surface area contributed by atoms with Crippen molar-refractivity contribution >= 4 is 22.0 Å². The van der Waals surface area contributed by atoms with Crippen LogP contribution in [0.25, 0.3) is 0 Å². The lowest BCUT2D eigenvalue weighted by atomic mass is 10.2. The molecule has 1 unspecified atom stereocenters. The molecule has 1 amide bonds. The first-order valence-corrected chi connectivity index (χ1v) is 9.56. The summed E-state index contributed by atoms with van der Waals surface area (Å²) in [6.07, 6.45) is -0.0276. The quantitative estimate of drug-likeness (QED) is 0.883. The molecule has 1 saturated heterocycles. The molecule has 0 spiro atoms. The molecule has 0 radical (unpaired) electrons. The van der Waals surface area contributed by atoms with Gasteiger partial charge in [0.2, 0.25) is 0 Å². The number of rotatable bonds is 3. The van der Waals surface area contributed by atoms with E-state index in [1.165, 1.54) is 4.31 Å². The van der Waals surface area contributed by atoms with Crippen molar-refractivity contribution in [2.24, 2.45) is 4.36 Å². The van der Waals surface area contributed by atoms with Crippen LogP contribution in [0.3, 0.4) is 0 Å². The highest BCUT2D eigenvalue weighted by Crippen LogP contribution is 2.29. The van der Waals surface area contributed by atoms with Crippen LogP contribution in [-0.4, -0.2) is 43.9 Å². The van der Waals surface area contributed by atoms with Crippen LogP contribution in [0.5, 0.6) is 0 Å². The molecule has 1 fully saturated rings. The van der Waals surface area contributed by atoms with Crippen LogP contribution >= 0.6 is 0 Å². The largest absolute Gasteiger partial charge is 0.480 e. The minimum atomic E-state index is -3.43. The first-order chi connectivity index (χ1) is 11.5. The number of hydrogen-bond donors (Lipinski definition) is 1. The van der Waals surface area contributed by atoms with Gasteiger partial charge < -0.3 is 9.84 Å². The number of carboxylic acids is 1. The molecule has 25 heavy (non-hydrogen) atoms. The Morgan fingerprint density at radius 1 is 1.28 bits per heavy atom. The van der Waals surface area contributed by atoms with Crippen molar-refractivity contribution in [3.05, 3.63) is 29.8 Å². The van der Waals surface area contributed by atoms with E-state index < -0.39 is 33.6 Å². The summed E-state index contributed by atoms with van der Waals surface area (Å²) in [5.74, 6) is -1.07. The summed E-state index contributed by atoms with van der Waals surface area (Å²) in [5, 5.41) is 9.43. The molecular formula is C17H24N2O5S. The van der Waals surface area contributed by atoms with E-state index in [4.69, 9.17) is 4.74 Å². The minimum absolute atomic E-state index is 0.288. The fraction of sp³-hybridized carbons (Fsp3) is 0.529. The summed E-state index contributed by atoms with van der Waals surface area (Å²) >= 11 is 0. The predicted molar refractivity (Wildman–Crippen MR) is 93.6 cm³/mol. The number of carboxylic acid groups (broad SMARTS) is 1. The number of hydrogen-bond acceptors (Lipinski definition) is 4. The number of amides is 1. The molecule has 0 aliphatic carbocycles. The highest BCUT2D eigenvalue weighted by atomic mass is 32.2. The van der Waals surface area contributed by atoms with Gasteiger partial charge in [-0.15, -0.1) is 4.36 Å². The maximum Gasteiger partial charge on any atom is 0.443 e. The van der Waals surface area contributed by atoms with Gasteiger partial charge in [-0.05, 0) is 52.7 Å². The van der Waals surface area contributed by atoms with Gasteiger partial charge in [-0.25, -0.2) is 9.00 Å². The number of nitrogens with zero attached hydrogens (tertiary/aromatic N) is 2. The normalized spacial score (nSPS) is 20.7. The lowest BCUT2D eigenvalue weighted by Crippen LogP contribution is -2.40. The minimum Gasteiger partial charge on any atom is -0.480 e. The van der Waals surface area contributed by atoms with E-state index in [1.54, 1.807) is 45.0 Å². The van der Waals surface area contributed by atoms with Crippen molar-refractivity contribution < 1.29 is 23.6 Å². The molecular weight excluding hydrogens is 344 g/mol. The Morgan fingerprint density at radius 3 is 2.40 bits per heavy atom. The van der Waals surface area contributed by atoms with Gasteiger partial charge in [0.25, 0.3) is 0 Å². The van der Waals surface area contributed by atoms with Crippen molar-refractivity contribution in [1.82, 2.24) is 4.31 Å².